The number of rotatable bonds is 11. The largest absolute Gasteiger partial charge is 0.496 e. The van der Waals surface area contributed by atoms with E-state index in [1.54, 1.807) is 12.1 Å². The van der Waals surface area contributed by atoms with Gasteiger partial charge in [0.25, 0.3) is 0 Å². The van der Waals surface area contributed by atoms with E-state index in [2.05, 4.69) is 10.3 Å². The summed E-state index contributed by atoms with van der Waals surface area (Å²) in [5.74, 6) is 0.220. The van der Waals surface area contributed by atoms with Crippen LogP contribution < -0.4 is 24.3 Å². The van der Waals surface area contributed by atoms with Gasteiger partial charge < -0.3 is 29.4 Å². The maximum absolute atomic E-state index is 12.7. The highest BCUT2D eigenvalue weighted by Crippen LogP contribution is 2.35. The Balaban J connectivity index is 2.31. The second-order valence-corrected chi connectivity index (χ2v) is 8.11. The number of aromatic nitrogens is 1. The zero-order valence-electron chi connectivity index (χ0n) is 18.0. The molecule has 32 heavy (non-hydrogen) atoms. The number of hydrogen-bond donors (Lipinski definition) is 2. The van der Waals surface area contributed by atoms with Crippen LogP contribution in [-0.4, -0.2) is 52.9 Å². The Bertz CT molecular complexity index is 1100. The molecule has 0 fully saturated rings. The topological polar surface area (TPSA) is 133 Å². The number of sulfone groups is 1. The molecule has 0 saturated heterocycles. The molecule has 0 bridgehead atoms. The third-order valence-electron chi connectivity index (χ3n) is 4.13. The van der Waals surface area contributed by atoms with Crippen molar-refractivity contribution in [3.8, 4) is 23.0 Å². The molecule has 0 spiro atoms. The van der Waals surface area contributed by atoms with Crippen molar-refractivity contribution in [1.82, 2.24) is 4.98 Å². The summed E-state index contributed by atoms with van der Waals surface area (Å²) in [7, 11) is 2.08. The molecule has 1 heterocycles. The fourth-order valence-corrected chi connectivity index (χ4v) is 3.66. The van der Waals surface area contributed by atoms with Crippen molar-refractivity contribution in [2.24, 2.45) is 0 Å². The molecule has 0 aliphatic carbocycles. The zero-order valence-corrected chi connectivity index (χ0v) is 18.8. The van der Waals surface area contributed by atoms with Crippen molar-refractivity contribution >= 4 is 27.7 Å². The number of ether oxygens (including phenoxy) is 4. The van der Waals surface area contributed by atoms with Crippen LogP contribution in [0.1, 0.15) is 11.3 Å². The van der Waals surface area contributed by atoms with Gasteiger partial charge in [0.05, 0.1) is 45.4 Å². The van der Waals surface area contributed by atoms with Crippen LogP contribution in [-0.2, 0) is 20.4 Å². The normalized spacial score (nSPS) is 11.5. The number of carboxylic acids is 1. The Hall–Kier alpha value is -3.73. The van der Waals surface area contributed by atoms with E-state index < -0.39 is 21.6 Å². The minimum absolute atomic E-state index is 0.181. The van der Waals surface area contributed by atoms with E-state index in [1.165, 1.54) is 46.6 Å². The second-order valence-electron chi connectivity index (χ2n) is 6.22. The Labute approximate surface area is 186 Å². The Morgan fingerprint density at radius 3 is 2.19 bits per heavy atom. The summed E-state index contributed by atoms with van der Waals surface area (Å²) in [4.78, 5) is 14.8. The first kappa shape index (κ1) is 24.5. The number of nitrogens with zero attached hydrogens (tertiary/aromatic N) is 1. The van der Waals surface area contributed by atoms with Gasteiger partial charge in [0, 0.05) is 29.8 Å². The van der Waals surface area contributed by atoms with Gasteiger partial charge in [0.1, 0.15) is 17.2 Å². The highest BCUT2D eigenvalue weighted by Gasteiger charge is 2.15. The van der Waals surface area contributed by atoms with Crippen molar-refractivity contribution in [3.63, 3.8) is 0 Å². The van der Waals surface area contributed by atoms with E-state index in [4.69, 9.17) is 24.1 Å². The molecule has 0 aliphatic rings. The minimum Gasteiger partial charge on any atom is -0.496 e. The lowest BCUT2D eigenvalue weighted by molar-refractivity contribution is -0.131. The number of methoxy groups -OCH3 is 4. The maximum atomic E-state index is 12.7. The molecule has 0 unspecified atom stereocenters. The molecule has 0 saturated carbocycles. The lowest BCUT2D eigenvalue weighted by Crippen LogP contribution is -2.05. The van der Waals surface area contributed by atoms with Crippen LogP contribution >= 0.6 is 0 Å². The first-order chi connectivity index (χ1) is 15.2. The van der Waals surface area contributed by atoms with Gasteiger partial charge in [0.15, 0.2) is 21.4 Å². The van der Waals surface area contributed by atoms with E-state index in [-0.39, 0.29) is 11.5 Å². The number of anilines is 1. The SMILES string of the molecule is COc1cc(OC)c(/C=C/S(=O)(=O)Cc2ccc(OC)c(N/C=C/C(=O)O)n2)c(OC)c1. The van der Waals surface area contributed by atoms with Crippen molar-refractivity contribution in [3.05, 3.63) is 53.2 Å². The number of nitrogens with one attached hydrogen (secondary N) is 1. The average molecular weight is 464 g/mol. The van der Waals surface area contributed by atoms with Crippen LogP contribution in [0.2, 0.25) is 0 Å². The summed E-state index contributed by atoms with van der Waals surface area (Å²) in [6, 6.07) is 6.27. The predicted molar refractivity (Wildman–Crippen MR) is 119 cm³/mol. The van der Waals surface area contributed by atoms with Gasteiger partial charge in [0.2, 0.25) is 0 Å². The van der Waals surface area contributed by atoms with Gasteiger partial charge >= 0.3 is 5.97 Å². The predicted octanol–water partition coefficient (Wildman–Crippen LogP) is 2.71. The van der Waals surface area contributed by atoms with Crippen LogP contribution in [0.5, 0.6) is 23.0 Å². The number of benzene rings is 1. The van der Waals surface area contributed by atoms with Crippen LogP contribution in [0.25, 0.3) is 6.08 Å². The number of aliphatic carboxylic acids is 1. The van der Waals surface area contributed by atoms with Gasteiger partial charge in [-0.1, -0.05) is 0 Å². The first-order valence-corrected chi connectivity index (χ1v) is 10.8. The molecule has 1 aromatic heterocycles. The molecule has 0 amide bonds. The molecular formula is C21H24N2O8S. The number of carbonyl (C=O) groups is 1. The van der Waals surface area contributed by atoms with Crippen LogP contribution in [0.15, 0.2) is 41.9 Å². The van der Waals surface area contributed by atoms with Crippen molar-refractivity contribution in [2.45, 2.75) is 5.75 Å². The smallest absolute Gasteiger partial charge is 0.329 e. The molecule has 172 valence electrons. The quantitative estimate of drug-likeness (QED) is 0.478. The minimum atomic E-state index is -3.73. The van der Waals surface area contributed by atoms with Gasteiger partial charge in [-0.05, 0) is 18.2 Å². The Morgan fingerprint density at radius 1 is 1.03 bits per heavy atom. The van der Waals surface area contributed by atoms with E-state index >= 15 is 0 Å². The van der Waals surface area contributed by atoms with Crippen LogP contribution in [0.3, 0.4) is 0 Å². The molecule has 10 nitrogen and oxygen atoms in total. The third-order valence-corrected chi connectivity index (χ3v) is 5.37. The summed E-state index contributed by atoms with van der Waals surface area (Å²) in [6.45, 7) is 0. The van der Waals surface area contributed by atoms with Gasteiger partial charge in [-0.25, -0.2) is 18.2 Å². The monoisotopic (exact) mass is 464 g/mol. The van der Waals surface area contributed by atoms with Crippen LogP contribution in [0.4, 0.5) is 5.82 Å². The maximum Gasteiger partial charge on any atom is 0.329 e. The molecular weight excluding hydrogens is 440 g/mol. The molecule has 2 aromatic rings. The van der Waals surface area contributed by atoms with Crippen molar-refractivity contribution < 1.29 is 37.3 Å². The number of carboxylic acid groups (broad SMARTS) is 1. The third kappa shape index (κ3) is 6.64. The second kappa shape index (κ2) is 11.0. The fraction of sp³-hybridized carbons (Fsp3) is 0.238. The highest BCUT2D eigenvalue weighted by atomic mass is 32.2. The average Bonchev–Trinajstić information content (AvgIpc) is 2.76. The molecule has 1 aromatic carbocycles. The lowest BCUT2D eigenvalue weighted by Gasteiger charge is -2.12. The van der Waals surface area contributed by atoms with E-state index in [0.29, 0.717) is 28.6 Å². The zero-order chi connectivity index (χ0) is 23.7. The van der Waals surface area contributed by atoms with Gasteiger partial charge in [-0.3, -0.25) is 0 Å². The number of hydrogen-bond acceptors (Lipinski definition) is 9. The standard InChI is InChI=1S/C21H24N2O8S/c1-28-15-11-18(30-3)16(19(12-15)31-4)8-10-32(26,27)13-14-5-6-17(29-2)21(23-14)22-9-7-20(24)25/h5-12H,13H2,1-4H3,(H,22,23)(H,24,25)/b9-7+,10-8+. The summed E-state index contributed by atoms with van der Waals surface area (Å²) in [5.41, 5.74) is 0.665. The number of pyridine rings is 1. The lowest BCUT2D eigenvalue weighted by atomic mass is 10.1. The molecule has 0 radical (unpaired) electrons. The summed E-state index contributed by atoms with van der Waals surface area (Å²) in [6.07, 6.45) is 3.42. The first-order valence-electron chi connectivity index (χ1n) is 9.13. The Kier molecular flexibility index (Phi) is 8.47. The van der Waals surface area contributed by atoms with Crippen LogP contribution in [0, 0.1) is 0 Å². The molecule has 2 rings (SSSR count). The Morgan fingerprint density at radius 2 is 1.66 bits per heavy atom. The van der Waals surface area contributed by atoms with E-state index in [0.717, 1.165) is 17.7 Å². The van der Waals surface area contributed by atoms with E-state index in [1.807, 2.05) is 0 Å². The van der Waals surface area contributed by atoms with Crippen molar-refractivity contribution in [1.29, 1.82) is 0 Å². The highest BCUT2D eigenvalue weighted by molar-refractivity contribution is 7.93. The van der Waals surface area contributed by atoms with E-state index in [9.17, 15) is 13.2 Å². The van der Waals surface area contributed by atoms with Gasteiger partial charge in [-0.2, -0.15) is 0 Å². The molecule has 11 heteroatoms. The summed E-state index contributed by atoms with van der Waals surface area (Å²) >= 11 is 0. The molecule has 0 aliphatic heterocycles. The summed E-state index contributed by atoms with van der Waals surface area (Å²) in [5, 5.41) is 12.4. The summed E-state index contributed by atoms with van der Waals surface area (Å²) < 4.78 is 46.4. The molecule has 0 atom stereocenters. The van der Waals surface area contributed by atoms with Gasteiger partial charge in [-0.15, -0.1) is 0 Å². The van der Waals surface area contributed by atoms with Crippen molar-refractivity contribution in [2.75, 3.05) is 33.8 Å². The molecule has 2 N–H and O–H groups in total. The fourth-order valence-electron chi connectivity index (χ4n) is 2.65.